The Bertz CT molecular complexity index is 445. The zero-order chi connectivity index (χ0) is 15.1. The van der Waals surface area contributed by atoms with Crippen LogP contribution in [0.15, 0.2) is 18.2 Å². The topological polar surface area (TPSA) is 75.8 Å². The number of ether oxygens (including phenoxy) is 1. The Morgan fingerprint density at radius 3 is 2.55 bits per heavy atom. The predicted octanol–water partition coefficient (Wildman–Crippen LogP) is 2.04. The molecule has 0 saturated heterocycles. The third-order valence-electron chi connectivity index (χ3n) is 3.49. The fourth-order valence-electron chi connectivity index (χ4n) is 2.37. The van der Waals surface area contributed by atoms with Gasteiger partial charge in [0, 0.05) is 12.6 Å². The standard InChI is InChI=1S/C15H24N2O3/c1-4-12(5-2)17(8-9-18)14-10-11(15(19)20-3)6-7-13(14)16/h6-7,10,12,18H,4-5,8-9,16H2,1-3H3. The van der Waals surface area contributed by atoms with Crippen LogP contribution < -0.4 is 10.6 Å². The molecule has 0 fully saturated rings. The van der Waals surface area contributed by atoms with Crippen molar-refractivity contribution < 1.29 is 14.6 Å². The molecule has 0 atom stereocenters. The number of carbonyl (C=O) groups is 1. The molecule has 20 heavy (non-hydrogen) atoms. The fourth-order valence-corrected chi connectivity index (χ4v) is 2.37. The molecular weight excluding hydrogens is 256 g/mol. The van der Waals surface area contributed by atoms with Gasteiger partial charge in [0.25, 0.3) is 0 Å². The number of anilines is 2. The van der Waals surface area contributed by atoms with Crippen molar-refractivity contribution in [2.75, 3.05) is 30.9 Å². The van der Waals surface area contributed by atoms with Gasteiger partial charge in [-0.05, 0) is 31.0 Å². The van der Waals surface area contributed by atoms with E-state index in [0.29, 0.717) is 17.8 Å². The van der Waals surface area contributed by atoms with Crippen molar-refractivity contribution in [2.45, 2.75) is 32.7 Å². The average molecular weight is 280 g/mol. The van der Waals surface area contributed by atoms with E-state index in [1.807, 2.05) is 0 Å². The van der Waals surface area contributed by atoms with Crippen LogP contribution in [0.5, 0.6) is 0 Å². The Hall–Kier alpha value is -1.75. The zero-order valence-corrected chi connectivity index (χ0v) is 12.4. The van der Waals surface area contributed by atoms with Crippen LogP contribution in [0.25, 0.3) is 0 Å². The number of carbonyl (C=O) groups excluding carboxylic acids is 1. The molecule has 1 rings (SSSR count). The lowest BCUT2D eigenvalue weighted by Crippen LogP contribution is -2.37. The maximum atomic E-state index is 11.6. The SMILES string of the molecule is CCC(CC)N(CCO)c1cc(C(=O)OC)ccc1N. The second-order valence-electron chi connectivity index (χ2n) is 4.65. The number of hydrogen-bond donors (Lipinski definition) is 2. The van der Waals surface area contributed by atoms with E-state index < -0.39 is 0 Å². The summed E-state index contributed by atoms with van der Waals surface area (Å²) in [5, 5.41) is 9.28. The van der Waals surface area contributed by atoms with Gasteiger partial charge in [-0.15, -0.1) is 0 Å². The number of nitrogens with zero attached hydrogens (tertiary/aromatic N) is 1. The molecule has 0 radical (unpaired) electrons. The Kier molecular flexibility index (Phi) is 6.31. The van der Waals surface area contributed by atoms with Gasteiger partial charge in [0.05, 0.1) is 30.7 Å². The number of aliphatic hydroxyl groups excluding tert-OH is 1. The van der Waals surface area contributed by atoms with Gasteiger partial charge in [0.2, 0.25) is 0 Å². The summed E-state index contributed by atoms with van der Waals surface area (Å²) in [5.41, 5.74) is 7.87. The minimum absolute atomic E-state index is 0.0401. The molecule has 0 spiro atoms. The van der Waals surface area contributed by atoms with Gasteiger partial charge in [-0.3, -0.25) is 0 Å². The normalized spacial score (nSPS) is 10.7. The summed E-state index contributed by atoms with van der Waals surface area (Å²) in [6, 6.07) is 5.36. The summed E-state index contributed by atoms with van der Waals surface area (Å²) >= 11 is 0. The van der Waals surface area contributed by atoms with Gasteiger partial charge in [-0.25, -0.2) is 4.79 Å². The van der Waals surface area contributed by atoms with Gasteiger partial charge >= 0.3 is 5.97 Å². The molecule has 1 aromatic carbocycles. The predicted molar refractivity (Wildman–Crippen MR) is 81.0 cm³/mol. The Balaban J connectivity index is 3.20. The maximum Gasteiger partial charge on any atom is 0.337 e. The van der Waals surface area contributed by atoms with Crippen molar-refractivity contribution in [3.8, 4) is 0 Å². The minimum Gasteiger partial charge on any atom is -0.465 e. The third kappa shape index (κ3) is 3.63. The van der Waals surface area contributed by atoms with Crippen LogP contribution in [0, 0.1) is 0 Å². The summed E-state index contributed by atoms with van der Waals surface area (Å²) in [7, 11) is 1.35. The van der Waals surface area contributed by atoms with Crippen LogP contribution in [0.4, 0.5) is 11.4 Å². The molecule has 0 aromatic heterocycles. The Morgan fingerprint density at radius 2 is 2.05 bits per heavy atom. The summed E-state index contributed by atoms with van der Waals surface area (Å²) in [4.78, 5) is 13.7. The molecule has 0 aliphatic heterocycles. The molecule has 0 saturated carbocycles. The first-order chi connectivity index (χ1) is 9.58. The molecule has 5 nitrogen and oxygen atoms in total. The van der Waals surface area contributed by atoms with E-state index in [9.17, 15) is 9.90 Å². The van der Waals surface area contributed by atoms with Crippen LogP contribution in [0.3, 0.4) is 0 Å². The first-order valence-electron chi connectivity index (χ1n) is 6.94. The number of methoxy groups -OCH3 is 1. The second-order valence-corrected chi connectivity index (χ2v) is 4.65. The lowest BCUT2D eigenvalue weighted by molar-refractivity contribution is 0.0601. The molecule has 0 unspecified atom stereocenters. The molecule has 0 amide bonds. The summed E-state index contributed by atoms with van der Waals surface area (Å²) < 4.78 is 4.74. The highest BCUT2D eigenvalue weighted by atomic mass is 16.5. The van der Waals surface area contributed by atoms with E-state index in [4.69, 9.17) is 10.5 Å². The highest BCUT2D eigenvalue weighted by Gasteiger charge is 2.19. The quantitative estimate of drug-likeness (QED) is 0.590. The number of rotatable bonds is 7. The van der Waals surface area contributed by atoms with Crippen molar-refractivity contribution in [3.05, 3.63) is 23.8 Å². The van der Waals surface area contributed by atoms with Crippen LogP contribution >= 0.6 is 0 Å². The van der Waals surface area contributed by atoms with Crippen LogP contribution in [-0.2, 0) is 4.74 Å². The van der Waals surface area contributed by atoms with Crippen molar-refractivity contribution >= 4 is 17.3 Å². The number of nitrogens with two attached hydrogens (primary N) is 1. The average Bonchev–Trinajstić information content (AvgIpc) is 2.47. The third-order valence-corrected chi connectivity index (χ3v) is 3.49. The van der Waals surface area contributed by atoms with Gasteiger partial charge in [0.15, 0.2) is 0 Å². The Labute approximate surface area is 120 Å². The van der Waals surface area contributed by atoms with Gasteiger partial charge < -0.3 is 20.5 Å². The largest absolute Gasteiger partial charge is 0.465 e. The Morgan fingerprint density at radius 1 is 1.40 bits per heavy atom. The van der Waals surface area contributed by atoms with E-state index in [-0.39, 0.29) is 18.6 Å². The van der Waals surface area contributed by atoms with Crippen LogP contribution in [0.2, 0.25) is 0 Å². The number of aliphatic hydroxyl groups is 1. The summed E-state index contributed by atoms with van der Waals surface area (Å²) in [5.74, 6) is -0.389. The van der Waals surface area contributed by atoms with Crippen LogP contribution in [0.1, 0.15) is 37.0 Å². The zero-order valence-electron chi connectivity index (χ0n) is 12.4. The van der Waals surface area contributed by atoms with Crippen molar-refractivity contribution in [3.63, 3.8) is 0 Å². The van der Waals surface area contributed by atoms with E-state index >= 15 is 0 Å². The summed E-state index contributed by atoms with van der Waals surface area (Å²) in [6.45, 7) is 4.72. The van der Waals surface area contributed by atoms with Crippen molar-refractivity contribution in [2.24, 2.45) is 0 Å². The molecule has 0 bridgehead atoms. The maximum absolute atomic E-state index is 11.6. The minimum atomic E-state index is -0.389. The molecule has 0 heterocycles. The first kappa shape index (κ1) is 16.3. The lowest BCUT2D eigenvalue weighted by Gasteiger charge is -2.33. The molecule has 3 N–H and O–H groups in total. The summed E-state index contributed by atoms with van der Waals surface area (Å²) in [6.07, 6.45) is 1.89. The van der Waals surface area contributed by atoms with Gasteiger partial charge in [-0.2, -0.15) is 0 Å². The van der Waals surface area contributed by atoms with Crippen LogP contribution in [-0.4, -0.2) is 37.4 Å². The fraction of sp³-hybridized carbons (Fsp3) is 0.533. The lowest BCUT2D eigenvalue weighted by atomic mass is 10.1. The second kappa shape index (κ2) is 7.75. The van der Waals surface area contributed by atoms with E-state index in [2.05, 4.69) is 18.7 Å². The number of hydrogen-bond acceptors (Lipinski definition) is 5. The number of benzene rings is 1. The first-order valence-corrected chi connectivity index (χ1v) is 6.94. The smallest absolute Gasteiger partial charge is 0.337 e. The monoisotopic (exact) mass is 280 g/mol. The van der Waals surface area contributed by atoms with E-state index in [1.54, 1.807) is 18.2 Å². The number of nitrogen functional groups attached to an aromatic ring is 1. The van der Waals surface area contributed by atoms with Crippen molar-refractivity contribution in [1.29, 1.82) is 0 Å². The molecule has 112 valence electrons. The molecule has 1 aromatic rings. The highest BCUT2D eigenvalue weighted by Crippen LogP contribution is 2.28. The van der Waals surface area contributed by atoms with Crippen molar-refractivity contribution in [1.82, 2.24) is 0 Å². The van der Waals surface area contributed by atoms with E-state index in [0.717, 1.165) is 18.5 Å². The molecular formula is C15H24N2O3. The van der Waals surface area contributed by atoms with E-state index in [1.165, 1.54) is 7.11 Å². The highest BCUT2D eigenvalue weighted by molar-refractivity contribution is 5.92. The van der Waals surface area contributed by atoms with Gasteiger partial charge in [0.1, 0.15) is 0 Å². The van der Waals surface area contributed by atoms with Gasteiger partial charge in [-0.1, -0.05) is 13.8 Å². The molecule has 0 aliphatic rings. The molecule has 5 heteroatoms. The molecule has 0 aliphatic carbocycles. The number of esters is 1.